The average Bonchev–Trinajstić information content (AvgIpc) is 2.57. The van der Waals surface area contributed by atoms with Crippen LogP contribution in [0.15, 0.2) is 18.2 Å². The van der Waals surface area contributed by atoms with Crippen LogP contribution in [0.3, 0.4) is 0 Å². The third kappa shape index (κ3) is 1.73. The zero-order valence-electron chi connectivity index (χ0n) is 7.39. The third-order valence-electron chi connectivity index (χ3n) is 2.39. The standard InChI is InChI=1S/C10H9ClFNO/c11-8-2-1-6(3-9(8)12)7-4-10(14)13-5-7/h1-3,7H,4-5H2,(H,13,14). The molecule has 1 unspecified atom stereocenters. The van der Waals surface area contributed by atoms with E-state index in [1.807, 2.05) is 0 Å². The topological polar surface area (TPSA) is 29.1 Å². The Kier molecular flexibility index (Phi) is 2.42. The first-order valence-corrected chi connectivity index (χ1v) is 4.76. The van der Waals surface area contributed by atoms with E-state index in [0.717, 1.165) is 5.56 Å². The molecule has 1 aromatic carbocycles. The highest BCUT2D eigenvalue weighted by atomic mass is 35.5. The number of carbonyl (C=O) groups is 1. The van der Waals surface area contributed by atoms with Crippen LogP contribution >= 0.6 is 11.6 Å². The molecule has 0 radical (unpaired) electrons. The average molecular weight is 214 g/mol. The van der Waals surface area contributed by atoms with Crippen molar-refractivity contribution in [1.29, 1.82) is 0 Å². The number of benzene rings is 1. The van der Waals surface area contributed by atoms with Gasteiger partial charge >= 0.3 is 0 Å². The van der Waals surface area contributed by atoms with Gasteiger partial charge in [-0.1, -0.05) is 17.7 Å². The van der Waals surface area contributed by atoms with Crippen LogP contribution in [0.4, 0.5) is 4.39 Å². The van der Waals surface area contributed by atoms with Gasteiger partial charge in [-0.3, -0.25) is 4.79 Å². The molecule has 2 rings (SSSR count). The van der Waals surface area contributed by atoms with Crippen molar-refractivity contribution in [2.45, 2.75) is 12.3 Å². The van der Waals surface area contributed by atoms with Crippen LogP contribution in [0.2, 0.25) is 5.02 Å². The largest absolute Gasteiger partial charge is 0.355 e. The number of amides is 1. The van der Waals surface area contributed by atoms with Gasteiger partial charge in [-0.05, 0) is 17.7 Å². The Balaban J connectivity index is 2.24. The number of rotatable bonds is 1. The van der Waals surface area contributed by atoms with Crippen molar-refractivity contribution in [1.82, 2.24) is 5.32 Å². The molecule has 1 saturated heterocycles. The van der Waals surface area contributed by atoms with E-state index in [9.17, 15) is 9.18 Å². The SMILES string of the molecule is O=C1CC(c2ccc(Cl)c(F)c2)CN1. The number of halogens is 2. The lowest BCUT2D eigenvalue weighted by atomic mass is 9.98. The van der Waals surface area contributed by atoms with Gasteiger partial charge < -0.3 is 5.32 Å². The molecule has 1 N–H and O–H groups in total. The lowest BCUT2D eigenvalue weighted by Gasteiger charge is -2.07. The fraction of sp³-hybridized carbons (Fsp3) is 0.300. The summed E-state index contributed by atoms with van der Waals surface area (Å²) >= 11 is 5.56. The Morgan fingerprint density at radius 3 is 2.86 bits per heavy atom. The van der Waals surface area contributed by atoms with E-state index in [4.69, 9.17) is 11.6 Å². The van der Waals surface area contributed by atoms with Crippen molar-refractivity contribution in [2.24, 2.45) is 0 Å². The second-order valence-electron chi connectivity index (χ2n) is 3.38. The lowest BCUT2D eigenvalue weighted by Crippen LogP contribution is -2.13. The van der Waals surface area contributed by atoms with Gasteiger partial charge in [0.15, 0.2) is 0 Å². The van der Waals surface area contributed by atoms with Crippen LogP contribution < -0.4 is 5.32 Å². The van der Waals surface area contributed by atoms with Gasteiger partial charge in [0, 0.05) is 18.9 Å². The molecule has 1 aromatic rings. The van der Waals surface area contributed by atoms with Crippen molar-refractivity contribution in [3.05, 3.63) is 34.6 Å². The minimum Gasteiger partial charge on any atom is -0.355 e. The van der Waals surface area contributed by atoms with Gasteiger partial charge in [0.05, 0.1) is 5.02 Å². The summed E-state index contributed by atoms with van der Waals surface area (Å²) in [4.78, 5) is 10.9. The van der Waals surface area contributed by atoms with Crippen molar-refractivity contribution in [2.75, 3.05) is 6.54 Å². The molecule has 1 fully saturated rings. The fourth-order valence-electron chi connectivity index (χ4n) is 1.61. The first-order valence-electron chi connectivity index (χ1n) is 4.38. The summed E-state index contributed by atoms with van der Waals surface area (Å²) in [5.41, 5.74) is 0.824. The van der Waals surface area contributed by atoms with Crippen LogP contribution in [0.5, 0.6) is 0 Å². The van der Waals surface area contributed by atoms with Crippen molar-refractivity contribution in [3.8, 4) is 0 Å². The molecule has 74 valence electrons. The molecule has 1 amide bonds. The second kappa shape index (κ2) is 3.58. The Morgan fingerprint density at radius 1 is 1.50 bits per heavy atom. The maximum Gasteiger partial charge on any atom is 0.220 e. The highest BCUT2D eigenvalue weighted by Gasteiger charge is 2.23. The van der Waals surface area contributed by atoms with Crippen LogP contribution in [-0.4, -0.2) is 12.5 Å². The van der Waals surface area contributed by atoms with Crippen LogP contribution in [-0.2, 0) is 4.79 Å². The van der Waals surface area contributed by atoms with Crippen molar-refractivity contribution < 1.29 is 9.18 Å². The maximum absolute atomic E-state index is 13.1. The van der Waals surface area contributed by atoms with Crippen LogP contribution in [0.25, 0.3) is 0 Å². The summed E-state index contributed by atoms with van der Waals surface area (Å²) in [5.74, 6) is -0.330. The highest BCUT2D eigenvalue weighted by molar-refractivity contribution is 6.30. The zero-order chi connectivity index (χ0) is 10.1. The molecule has 0 aromatic heterocycles. The summed E-state index contributed by atoms with van der Waals surface area (Å²) in [5, 5.41) is 2.82. The Bertz CT molecular complexity index is 380. The fourth-order valence-corrected chi connectivity index (χ4v) is 1.72. The second-order valence-corrected chi connectivity index (χ2v) is 3.79. The first-order chi connectivity index (χ1) is 6.66. The van der Waals surface area contributed by atoms with Crippen molar-refractivity contribution >= 4 is 17.5 Å². The summed E-state index contributed by atoms with van der Waals surface area (Å²) in [6, 6.07) is 4.68. The van der Waals surface area contributed by atoms with E-state index in [1.54, 1.807) is 6.07 Å². The van der Waals surface area contributed by atoms with Gasteiger partial charge in [-0.15, -0.1) is 0 Å². The molecule has 1 atom stereocenters. The molecule has 0 spiro atoms. The van der Waals surface area contributed by atoms with Gasteiger partial charge in [0.2, 0.25) is 5.91 Å². The molecule has 0 saturated carbocycles. The quantitative estimate of drug-likeness (QED) is 0.761. The first kappa shape index (κ1) is 9.46. The maximum atomic E-state index is 13.1. The Morgan fingerprint density at radius 2 is 2.29 bits per heavy atom. The summed E-state index contributed by atoms with van der Waals surface area (Å²) < 4.78 is 13.1. The third-order valence-corrected chi connectivity index (χ3v) is 2.70. The van der Waals surface area contributed by atoms with Gasteiger partial charge in [0.25, 0.3) is 0 Å². The van der Waals surface area contributed by atoms with Crippen LogP contribution in [0.1, 0.15) is 17.9 Å². The number of hydrogen-bond acceptors (Lipinski definition) is 1. The van der Waals surface area contributed by atoms with Gasteiger partial charge in [0.1, 0.15) is 5.82 Å². The monoisotopic (exact) mass is 213 g/mol. The molecule has 1 aliphatic rings. The Hall–Kier alpha value is -1.09. The highest BCUT2D eigenvalue weighted by Crippen LogP contribution is 2.25. The molecule has 1 aliphatic heterocycles. The molecule has 1 heterocycles. The zero-order valence-corrected chi connectivity index (χ0v) is 8.14. The molecular formula is C10H9ClFNO. The van der Waals surface area contributed by atoms with Gasteiger partial charge in [-0.2, -0.15) is 0 Å². The van der Waals surface area contributed by atoms with E-state index in [-0.39, 0.29) is 16.8 Å². The number of nitrogens with one attached hydrogen (secondary N) is 1. The minimum atomic E-state index is -0.427. The molecule has 2 nitrogen and oxygen atoms in total. The van der Waals surface area contributed by atoms with Crippen molar-refractivity contribution in [3.63, 3.8) is 0 Å². The van der Waals surface area contributed by atoms with E-state index >= 15 is 0 Å². The lowest BCUT2D eigenvalue weighted by molar-refractivity contribution is -0.119. The van der Waals surface area contributed by atoms with E-state index < -0.39 is 5.82 Å². The molecular weight excluding hydrogens is 205 g/mol. The molecule has 4 heteroatoms. The predicted octanol–water partition coefficient (Wildman–Crippen LogP) is 2.08. The predicted molar refractivity (Wildman–Crippen MR) is 51.8 cm³/mol. The van der Waals surface area contributed by atoms with E-state index in [2.05, 4.69) is 5.32 Å². The molecule has 0 bridgehead atoms. The Labute approximate surface area is 86.1 Å². The van der Waals surface area contributed by atoms with E-state index in [0.29, 0.717) is 13.0 Å². The summed E-state index contributed by atoms with van der Waals surface area (Å²) in [6.45, 7) is 0.583. The van der Waals surface area contributed by atoms with Gasteiger partial charge in [-0.25, -0.2) is 4.39 Å². The number of carbonyl (C=O) groups excluding carboxylic acids is 1. The summed E-state index contributed by atoms with van der Waals surface area (Å²) in [7, 11) is 0. The number of hydrogen-bond donors (Lipinski definition) is 1. The van der Waals surface area contributed by atoms with Crippen LogP contribution in [0, 0.1) is 5.82 Å². The smallest absolute Gasteiger partial charge is 0.220 e. The van der Waals surface area contributed by atoms with E-state index in [1.165, 1.54) is 12.1 Å². The molecule has 0 aliphatic carbocycles. The summed E-state index contributed by atoms with van der Waals surface area (Å²) in [6.07, 6.45) is 0.432. The minimum absolute atomic E-state index is 0.0189. The normalized spacial score (nSPS) is 21.0. The molecule has 14 heavy (non-hydrogen) atoms.